The zero-order chi connectivity index (χ0) is 21.0. The van der Waals surface area contributed by atoms with Gasteiger partial charge in [-0.05, 0) is 37.7 Å². The second-order valence-electron chi connectivity index (χ2n) is 7.20. The van der Waals surface area contributed by atoms with E-state index in [1.165, 1.54) is 0 Å². The van der Waals surface area contributed by atoms with Crippen molar-refractivity contribution in [2.45, 2.75) is 26.8 Å². The van der Waals surface area contributed by atoms with Gasteiger partial charge in [0.05, 0.1) is 17.2 Å². The van der Waals surface area contributed by atoms with E-state index in [0.717, 1.165) is 29.1 Å². The molecular weight excluding hydrogens is 366 g/mol. The van der Waals surface area contributed by atoms with E-state index in [1.807, 2.05) is 37.3 Å². The molecule has 0 bridgehead atoms. The lowest BCUT2D eigenvalue weighted by molar-refractivity contribution is -0.121. The first-order valence-corrected chi connectivity index (χ1v) is 9.98. The van der Waals surface area contributed by atoms with Crippen LogP contribution in [0.4, 0.5) is 0 Å². The van der Waals surface area contributed by atoms with Crippen molar-refractivity contribution in [1.29, 1.82) is 0 Å². The molecule has 152 valence electrons. The molecule has 6 heteroatoms. The fraction of sp³-hybridized carbons (Fsp3) is 0.348. The number of nitrogens with zero attached hydrogens (tertiary/aromatic N) is 2. The number of benzene rings is 2. The zero-order valence-corrected chi connectivity index (χ0v) is 17.1. The molecule has 3 rings (SSSR count). The number of fused-ring (bicyclic) bond motifs is 1. The number of hydrogen-bond donors (Lipinski definition) is 1. The lowest BCUT2D eigenvalue weighted by Gasteiger charge is -2.30. The molecule has 0 aliphatic carbocycles. The molecule has 0 fully saturated rings. The molecule has 29 heavy (non-hydrogen) atoms. The summed E-state index contributed by atoms with van der Waals surface area (Å²) in [5.41, 5.74) is 2.75. The molecule has 0 spiro atoms. The third-order valence-electron chi connectivity index (χ3n) is 5.36. The Morgan fingerprint density at radius 3 is 2.31 bits per heavy atom. The summed E-state index contributed by atoms with van der Waals surface area (Å²) in [6.45, 7) is 7.87. The Kier molecular flexibility index (Phi) is 6.44. The third-order valence-corrected chi connectivity index (χ3v) is 5.36. The lowest BCUT2D eigenvalue weighted by atomic mass is 10.1. The second kappa shape index (κ2) is 9.01. The Labute approximate surface area is 171 Å². The Bertz CT molecular complexity index is 907. The maximum atomic E-state index is 12.6. The molecule has 1 aliphatic rings. The van der Waals surface area contributed by atoms with Crippen LogP contribution in [0.1, 0.15) is 51.7 Å². The van der Waals surface area contributed by atoms with Gasteiger partial charge < -0.3 is 5.32 Å². The summed E-state index contributed by atoms with van der Waals surface area (Å²) in [5.74, 6) is -1.17. The number of aryl methyl sites for hydroxylation is 1. The van der Waals surface area contributed by atoms with E-state index < -0.39 is 11.8 Å². The number of amides is 3. The molecule has 3 amide bonds. The lowest BCUT2D eigenvalue weighted by Crippen LogP contribution is -2.43. The summed E-state index contributed by atoms with van der Waals surface area (Å²) in [6.07, 6.45) is 0. The average molecular weight is 393 g/mol. The first-order chi connectivity index (χ1) is 14.0. The van der Waals surface area contributed by atoms with Gasteiger partial charge in [0, 0.05) is 6.54 Å². The van der Waals surface area contributed by atoms with Crippen LogP contribution in [0.25, 0.3) is 0 Å². The highest BCUT2D eigenvalue weighted by Crippen LogP contribution is 2.24. The molecule has 0 aromatic heterocycles. The predicted octanol–water partition coefficient (Wildman–Crippen LogP) is 2.79. The fourth-order valence-electron chi connectivity index (χ4n) is 3.76. The number of nitrogens with one attached hydrogen (secondary N) is 1. The number of carbonyl (C=O) groups is 3. The first kappa shape index (κ1) is 20.7. The van der Waals surface area contributed by atoms with Crippen molar-refractivity contribution < 1.29 is 14.4 Å². The van der Waals surface area contributed by atoms with Gasteiger partial charge in [-0.25, -0.2) is 0 Å². The maximum Gasteiger partial charge on any atom is 0.262 e. The van der Waals surface area contributed by atoms with E-state index in [1.54, 1.807) is 18.2 Å². The minimum absolute atomic E-state index is 0.0278. The predicted molar refractivity (Wildman–Crippen MR) is 112 cm³/mol. The summed E-state index contributed by atoms with van der Waals surface area (Å²) in [7, 11) is 0. The second-order valence-corrected chi connectivity index (χ2v) is 7.20. The SMILES string of the molecule is CCN(CC)C(CNC(=O)CN1C(=O)c2ccc(C)cc2C1=O)c1ccccc1. The van der Waals surface area contributed by atoms with Gasteiger partial charge >= 0.3 is 0 Å². The molecule has 0 radical (unpaired) electrons. The van der Waals surface area contributed by atoms with Crippen LogP contribution in [0.3, 0.4) is 0 Å². The fourth-order valence-corrected chi connectivity index (χ4v) is 3.76. The van der Waals surface area contributed by atoms with E-state index >= 15 is 0 Å². The van der Waals surface area contributed by atoms with Crippen molar-refractivity contribution in [2.24, 2.45) is 0 Å². The number of likely N-dealkylation sites (N-methyl/N-ethyl adjacent to an activating group) is 1. The highest BCUT2D eigenvalue weighted by molar-refractivity contribution is 6.22. The van der Waals surface area contributed by atoms with Crippen molar-refractivity contribution in [1.82, 2.24) is 15.1 Å². The van der Waals surface area contributed by atoms with Crippen LogP contribution >= 0.6 is 0 Å². The zero-order valence-electron chi connectivity index (χ0n) is 17.1. The van der Waals surface area contributed by atoms with Gasteiger partial charge in [-0.3, -0.25) is 24.2 Å². The van der Waals surface area contributed by atoms with Gasteiger partial charge in [-0.1, -0.05) is 55.8 Å². The van der Waals surface area contributed by atoms with Crippen LogP contribution < -0.4 is 5.32 Å². The van der Waals surface area contributed by atoms with Crippen molar-refractivity contribution >= 4 is 17.7 Å². The normalized spacial score (nSPS) is 14.3. The summed E-state index contributed by atoms with van der Waals surface area (Å²) < 4.78 is 0. The third kappa shape index (κ3) is 4.38. The van der Waals surface area contributed by atoms with Crippen LogP contribution in [0, 0.1) is 6.92 Å². The summed E-state index contributed by atoms with van der Waals surface area (Å²) in [6, 6.07) is 15.2. The monoisotopic (exact) mass is 393 g/mol. The molecular formula is C23H27N3O3. The Morgan fingerprint density at radius 2 is 1.66 bits per heavy atom. The van der Waals surface area contributed by atoms with Crippen LogP contribution in [-0.2, 0) is 4.79 Å². The van der Waals surface area contributed by atoms with E-state index in [2.05, 4.69) is 24.1 Å². The van der Waals surface area contributed by atoms with E-state index in [-0.39, 0.29) is 18.5 Å². The average Bonchev–Trinajstić information content (AvgIpc) is 2.96. The van der Waals surface area contributed by atoms with E-state index in [0.29, 0.717) is 17.7 Å². The molecule has 2 aromatic rings. The standard InChI is InChI=1S/C23H27N3O3/c1-4-25(5-2)20(17-9-7-6-8-10-17)14-24-21(27)15-26-22(28)18-12-11-16(3)13-19(18)23(26)29/h6-13,20H,4-5,14-15H2,1-3H3,(H,24,27). The Hall–Kier alpha value is -2.99. The van der Waals surface area contributed by atoms with E-state index in [4.69, 9.17) is 0 Å². The van der Waals surface area contributed by atoms with Gasteiger partial charge in [0.25, 0.3) is 11.8 Å². The smallest absolute Gasteiger partial charge is 0.262 e. The molecule has 1 unspecified atom stereocenters. The van der Waals surface area contributed by atoms with Gasteiger partial charge in [0.2, 0.25) is 5.91 Å². The minimum atomic E-state index is -0.413. The number of rotatable bonds is 8. The summed E-state index contributed by atoms with van der Waals surface area (Å²) in [5, 5.41) is 2.91. The van der Waals surface area contributed by atoms with Crippen LogP contribution in [0.15, 0.2) is 48.5 Å². The van der Waals surface area contributed by atoms with Crippen LogP contribution in [0.2, 0.25) is 0 Å². The number of carbonyl (C=O) groups excluding carboxylic acids is 3. The Morgan fingerprint density at radius 1 is 1.00 bits per heavy atom. The topological polar surface area (TPSA) is 69.7 Å². The highest BCUT2D eigenvalue weighted by Gasteiger charge is 2.36. The number of imide groups is 1. The minimum Gasteiger partial charge on any atom is -0.353 e. The molecule has 1 heterocycles. The first-order valence-electron chi connectivity index (χ1n) is 9.98. The number of hydrogen-bond acceptors (Lipinski definition) is 4. The molecule has 0 saturated heterocycles. The van der Waals surface area contributed by atoms with Crippen LogP contribution in [0.5, 0.6) is 0 Å². The van der Waals surface area contributed by atoms with Gasteiger partial charge in [0.15, 0.2) is 0 Å². The summed E-state index contributed by atoms with van der Waals surface area (Å²) in [4.78, 5) is 41.0. The van der Waals surface area contributed by atoms with Crippen molar-refractivity contribution in [3.63, 3.8) is 0 Å². The van der Waals surface area contributed by atoms with Gasteiger partial charge in [-0.15, -0.1) is 0 Å². The molecule has 0 saturated carbocycles. The molecule has 1 N–H and O–H groups in total. The largest absolute Gasteiger partial charge is 0.353 e. The molecule has 1 aliphatic heterocycles. The Balaban J connectivity index is 1.67. The van der Waals surface area contributed by atoms with Crippen molar-refractivity contribution in [3.05, 3.63) is 70.8 Å². The quantitative estimate of drug-likeness (QED) is 0.700. The van der Waals surface area contributed by atoms with Crippen LogP contribution in [-0.4, -0.2) is 53.7 Å². The van der Waals surface area contributed by atoms with E-state index in [9.17, 15) is 14.4 Å². The van der Waals surface area contributed by atoms with Gasteiger partial charge in [-0.2, -0.15) is 0 Å². The molecule has 6 nitrogen and oxygen atoms in total. The van der Waals surface area contributed by atoms with Crippen molar-refractivity contribution in [3.8, 4) is 0 Å². The van der Waals surface area contributed by atoms with Crippen molar-refractivity contribution in [2.75, 3.05) is 26.2 Å². The maximum absolute atomic E-state index is 12.6. The molecule has 1 atom stereocenters. The van der Waals surface area contributed by atoms with Gasteiger partial charge in [0.1, 0.15) is 6.54 Å². The highest BCUT2D eigenvalue weighted by atomic mass is 16.2. The summed E-state index contributed by atoms with van der Waals surface area (Å²) >= 11 is 0. The molecule has 2 aromatic carbocycles.